The number of hydrogen-bond acceptors (Lipinski definition) is 3. The van der Waals surface area contributed by atoms with Gasteiger partial charge in [-0.3, -0.25) is 9.89 Å². The van der Waals surface area contributed by atoms with Gasteiger partial charge in [-0.05, 0) is 60.4 Å². The number of ether oxygens (including phenoxy) is 1. The molecule has 1 amide bonds. The minimum Gasteiger partial charge on any atom is -0.497 e. The second-order valence-corrected chi connectivity index (χ2v) is 7.44. The van der Waals surface area contributed by atoms with Crippen molar-refractivity contribution in [2.75, 3.05) is 13.7 Å². The van der Waals surface area contributed by atoms with E-state index in [1.54, 1.807) is 13.2 Å². The van der Waals surface area contributed by atoms with Gasteiger partial charge in [-0.1, -0.05) is 30.3 Å². The molecule has 0 radical (unpaired) electrons. The lowest BCUT2D eigenvalue weighted by molar-refractivity contribution is -0.120. The highest BCUT2D eigenvalue weighted by Crippen LogP contribution is 2.27. The average Bonchev–Trinajstić information content (AvgIpc) is 3.20. The first-order valence-electron chi connectivity index (χ1n) is 10.2. The minimum atomic E-state index is -0.307. The molecule has 31 heavy (non-hydrogen) atoms. The number of benzene rings is 3. The van der Waals surface area contributed by atoms with Crippen LogP contribution in [-0.2, 0) is 17.6 Å². The number of aromatic nitrogens is 2. The molecule has 0 aliphatic rings. The molecular weight excluding hydrogens is 393 g/mol. The summed E-state index contributed by atoms with van der Waals surface area (Å²) in [7, 11) is 1.65. The number of methoxy groups -OCH3 is 1. The highest BCUT2D eigenvalue weighted by molar-refractivity contribution is 5.94. The molecule has 0 saturated heterocycles. The predicted molar refractivity (Wildman–Crippen MR) is 120 cm³/mol. The molecule has 2 N–H and O–H groups in total. The Morgan fingerprint density at radius 2 is 1.94 bits per heavy atom. The summed E-state index contributed by atoms with van der Waals surface area (Å²) in [5.74, 6) is 0.507. The number of aromatic amines is 1. The largest absolute Gasteiger partial charge is 0.497 e. The number of hydrogen-bond donors (Lipinski definition) is 2. The maximum atomic E-state index is 13.6. The molecule has 0 atom stereocenters. The third-order valence-electron chi connectivity index (χ3n) is 5.19. The Kier molecular flexibility index (Phi) is 6.26. The molecule has 0 spiro atoms. The highest BCUT2D eigenvalue weighted by Gasteiger charge is 2.11. The second-order valence-electron chi connectivity index (χ2n) is 7.44. The number of amides is 1. The van der Waals surface area contributed by atoms with E-state index in [4.69, 9.17) is 4.74 Å². The first kappa shape index (κ1) is 20.6. The standard InChI is InChI=1S/C25H24FN3O2/c1-31-21-9-2-5-17(13-21)6-4-12-27-24(30)15-18-10-11-23-22(14-18)25(29-28-23)19-7-3-8-20(26)16-19/h2-3,5,7-11,13-14,16H,4,6,12,15H2,1H3,(H,27,30)(H,28,29). The Labute approximate surface area is 180 Å². The molecule has 0 saturated carbocycles. The molecule has 158 valence electrons. The fraction of sp³-hybridized carbons (Fsp3) is 0.200. The van der Waals surface area contributed by atoms with Gasteiger partial charge in [0.2, 0.25) is 5.91 Å². The molecule has 6 heteroatoms. The number of nitrogens with zero attached hydrogens (tertiary/aromatic N) is 1. The van der Waals surface area contributed by atoms with Gasteiger partial charge in [0.25, 0.3) is 0 Å². The smallest absolute Gasteiger partial charge is 0.224 e. The van der Waals surface area contributed by atoms with Gasteiger partial charge in [0.05, 0.1) is 19.0 Å². The monoisotopic (exact) mass is 417 g/mol. The van der Waals surface area contributed by atoms with Crippen molar-refractivity contribution in [2.45, 2.75) is 19.3 Å². The molecule has 4 rings (SSSR count). The number of aryl methyl sites for hydroxylation is 1. The summed E-state index contributed by atoms with van der Waals surface area (Å²) in [5.41, 5.74) is 4.29. The van der Waals surface area contributed by atoms with Crippen molar-refractivity contribution in [1.29, 1.82) is 0 Å². The number of carbonyl (C=O) groups is 1. The van der Waals surface area contributed by atoms with Gasteiger partial charge < -0.3 is 10.1 Å². The van der Waals surface area contributed by atoms with Crippen LogP contribution in [0.25, 0.3) is 22.2 Å². The van der Waals surface area contributed by atoms with E-state index < -0.39 is 0 Å². The van der Waals surface area contributed by atoms with Crippen molar-refractivity contribution in [2.24, 2.45) is 0 Å². The zero-order valence-electron chi connectivity index (χ0n) is 17.3. The predicted octanol–water partition coefficient (Wildman–Crippen LogP) is 4.67. The summed E-state index contributed by atoms with van der Waals surface area (Å²) < 4.78 is 18.8. The lowest BCUT2D eigenvalue weighted by Gasteiger charge is -2.07. The zero-order chi connectivity index (χ0) is 21.6. The van der Waals surface area contributed by atoms with Gasteiger partial charge in [-0.2, -0.15) is 5.10 Å². The Morgan fingerprint density at radius 3 is 2.77 bits per heavy atom. The third kappa shape index (κ3) is 5.09. The number of H-pyrrole nitrogens is 1. The van der Waals surface area contributed by atoms with E-state index >= 15 is 0 Å². The first-order chi connectivity index (χ1) is 15.1. The number of carbonyl (C=O) groups excluding carboxylic acids is 1. The van der Waals surface area contributed by atoms with E-state index in [9.17, 15) is 9.18 Å². The van der Waals surface area contributed by atoms with Crippen molar-refractivity contribution in [3.05, 3.63) is 83.7 Å². The Bertz CT molecular complexity index is 1200. The summed E-state index contributed by atoms with van der Waals surface area (Å²) >= 11 is 0. The van der Waals surface area contributed by atoms with Crippen LogP contribution in [0, 0.1) is 5.82 Å². The maximum Gasteiger partial charge on any atom is 0.224 e. The fourth-order valence-corrected chi connectivity index (χ4v) is 3.62. The Hall–Kier alpha value is -3.67. The number of nitrogens with one attached hydrogen (secondary N) is 2. The van der Waals surface area contributed by atoms with Gasteiger partial charge in [0.15, 0.2) is 0 Å². The number of halogens is 1. The quantitative estimate of drug-likeness (QED) is 0.410. The van der Waals surface area contributed by atoms with E-state index in [0.29, 0.717) is 17.8 Å². The molecule has 0 unspecified atom stereocenters. The fourth-order valence-electron chi connectivity index (χ4n) is 3.62. The summed E-state index contributed by atoms with van der Waals surface area (Å²) in [6.07, 6.45) is 2.00. The molecule has 1 aromatic heterocycles. The number of rotatable bonds is 8. The van der Waals surface area contributed by atoms with Crippen LogP contribution in [0.3, 0.4) is 0 Å². The van der Waals surface area contributed by atoms with E-state index in [-0.39, 0.29) is 18.1 Å². The molecule has 0 bridgehead atoms. The molecule has 0 fully saturated rings. The van der Waals surface area contributed by atoms with Crippen LogP contribution in [0.5, 0.6) is 5.75 Å². The van der Waals surface area contributed by atoms with Crippen molar-refractivity contribution in [1.82, 2.24) is 15.5 Å². The van der Waals surface area contributed by atoms with Gasteiger partial charge in [-0.25, -0.2) is 4.39 Å². The van der Waals surface area contributed by atoms with Gasteiger partial charge in [0.1, 0.15) is 17.3 Å². The van der Waals surface area contributed by atoms with Crippen LogP contribution >= 0.6 is 0 Å². The molecular formula is C25H24FN3O2. The van der Waals surface area contributed by atoms with Crippen molar-refractivity contribution < 1.29 is 13.9 Å². The zero-order valence-corrected chi connectivity index (χ0v) is 17.3. The summed E-state index contributed by atoms with van der Waals surface area (Å²) in [5, 5.41) is 11.1. The van der Waals surface area contributed by atoms with Crippen LogP contribution in [0.15, 0.2) is 66.7 Å². The lowest BCUT2D eigenvalue weighted by Crippen LogP contribution is -2.26. The molecule has 1 heterocycles. The van der Waals surface area contributed by atoms with Crippen molar-refractivity contribution >= 4 is 16.8 Å². The molecule has 0 aliphatic carbocycles. The van der Waals surface area contributed by atoms with Crippen LogP contribution in [0.1, 0.15) is 17.5 Å². The van der Waals surface area contributed by atoms with E-state index in [2.05, 4.69) is 21.6 Å². The Balaban J connectivity index is 1.35. The van der Waals surface area contributed by atoms with Crippen LogP contribution in [0.2, 0.25) is 0 Å². The average molecular weight is 417 g/mol. The van der Waals surface area contributed by atoms with E-state index in [1.165, 1.54) is 17.7 Å². The summed E-state index contributed by atoms with van der Waals surface area (Å²) in [6.45, 7) is 0.610. The van der Waals surface area contributed by atoms with Crippen molar-refractivity contribution in [3.8, 4) is 17.0 Å². The SMILES string of the molecule is COc1cccc(CCCNC(=O)Cc2ccc3[nH]nc(-c4cccc(F)c4)c3c2)c1. The van der Waals surface area contributed by atoms with E-state index in [0.717, 1.165) is 35.1 Å². The molecule has 5 nitrogen and oxygen atoms in total. The lowest BCUT2D eigenvalue weighted by atomic mass is 10.0. The maximum absolute atomic E-state index is 13.6. The Morgan fingerprint density at radius 1 is 1.06 bits per heavy atom. The second kappa shape index (κ2) is 9.43. The van der Waals surface area contributed by atoms with E-state index in [1.807, 2.05) is 42.5 Å². The third-order valence-corrected chi connectivity index (χ3v) is 5.19. The first-order valence-corrected chi connectivity index (χ1v) is 10.2. The molecule has 3 aromatic carbocycles. The highest BCUT2D eigenvalue weighted by atomic mass is 19.1. The molecule has 0 aliphatic heterocycles. The van der Waals surface area contributed by atoms with Gasteiger partial charge >= 0.3 is 0 Å². The topological polar surface area (TPSA) is 67.0 Å². The summed E-state index contributed by atoms with van der Waals surface area (Å²) in [4.78, 5) is 12.4. The van der Waals surface area contributed by atoms with Crippen LogP contribution in [-0.4, -0.2) is 29.8 Å². The molecule has 4 aromatic rings. The van der Waals surface area contributed by atoms with Gasteiger partial charge in [-0.15, -0.1) is 0 Å². The number of fused-ring (bicyclic) bond motifs is 1. The van der Waals surface area contributed by atoms with Crippen LogP contribution < -0.4 is 10.1 Å². The van der Waals surface area contributed by atoms with Crippen LogP contribution in [0.4, 0.5) is 4.39 Å². The van der Waals surface area contributed by atoms with Gasteiger partial charge in [0, 0.05) is 17.5 Å². The normalized spacial score (nSPS) is 10.9. The van der Waals surface area contributed by atoms with Crippen molar-refractivity contribution in [3.63, 3.8) is 0 Å². The minimum absolute atomic E-state index is 0.0270. The summed E-state index contributed by atoms with van der Waals surface area (Å²) in [6, 6.07) is 20.0.